The highest BCUT2D eigenvalue weighted by Crippen LogP contribution is 2.35. The Balaban J connectivity index is 1.77. The van der Waals surface area contributed by atoms with E-state index in [0.717, 1.165) is 11.8 Å². The zero-order valence-electron chi connectivity index (χ0n) is 23.0. The maximum Gasteiger partial charge on any atom is 0.242 e. The molecule has 0 fully saturated rings. The molecule has 2 aromatic rings. The zero-order chi connectivity index (χ0) is 28.6. The van der Waals surface area contributed by atoms with Crippen LogP contribution >= 0.6 is 11.6 Å². The van der Waals surface area contributed by atoms with Crippen molar-refractivity contribution in [1.82, 2.24) is 10.2 Å². The lowest BCUT2D eigenvalue weighted by molar-refractivity contribution is -0.141. The molecule has 0 radical (unpaired) electrons. The molecule has 9 nitrogen and oxygen atoms in total. The minimum Gasteiger partial charge on any atom is -0.486 e. The standard InChI is InChI=1S/C28H38ClN3O6S/c1-5-24(28(34)30-18-20(2)3)31(19-21-9-6-7-10-23(21)29)27(33)11-8-14-32(39(4,35)36)22-12-13-25-26(17-22)38-16-15-37-25/h6-7,9-10,12-13,17,20,24H,5,8,11,14-16,18-19H2,1-4H3,(H,30,34)/t24-/m1/s1. The fraction of sp³-hybridized carbons (Fsp3) is 0.500. The molecule has 1 atom stereocenters. The summed E-state index contributed by atoms with van der Waals surface area (Å²) < 4.78 is 37.7. The Morgan fingerprint density at radius 1 is 1.08 bits per heavy atom. The van der Waals surface area contributed by atoms with Crippen molar-refractivity contribution < 1.29 is 27.5 Å². The van der Waals surface area contributed by atoms with Gasteiger partial charge in [0, 0.05) is 37.1 Å². The Bertz CT molecular complexity index is 1250. The molecule has 0 unspecified atom stereocenters. The fourth-order valence-corrected chi connectivity index (χ4v) is 5.50. The number of halogens is 1. The van der Waals surface area contributed by atoms with Gasteiger partial charge in [-0.25, -0.2) is 8.42 Å². The van der Waals surface area contributed by atoms with Crippen LogP contribution in [0.1, 0.15) is 45.6 Å². The Morgan fingerprint density at radius 2 is 1.77 bits per heavy atom. The van der Waals surface area contributed by atoms with Crippen molar-refractivity contribution in [3.63, 3.8) is 0 Å². The van der Waals surface area contributed by atoms with E-state index in [1.807, 2.05) is 39.0 Å². The molecular formula is C28H38ClN3O6S. The van der Waals surface area contributed by atoms with E-state index in [2.05, 4.69) is 5.32 Å². The Labute approximate surface area is 236 Å². The molecule has 11 heteroatoms. The van der Waals surface area contributed by atoms with Crippen molar-refractivity contribution >= 4 is 39.1 Å². The molecule has 1 heterocycles. The molecule has 3 rings (SSSR count). The largest absolute Gasteiger partial charge is 0.486 e. The monoisotopic (exact) mass is 579 g/mol. The van der Waals surface area contributed by atoms with Gasteiger partial charge in [-0.15, -0.1) is 0 Å². The van der Waals surface area contributed by atoms with E-state index in [0.29, 0.717) is 48.4 Å². The number of ether oxygens (including phenoxy) is 2. The SMILES string of the molecule is CC[C@H](C(=O)NCC(C)C)N(Cc1ccccc1Cl)C(=O)CCCN(c1ccc2c(c1)OCCO2)S(C)(=O)=O. The molecule has 0 bridgehead atoms. The van der Waals surface area contributed by atoms with E-state index in [-0.39, 0.29) is 43.7 Å². The number of hydrogen-bond donors (Lipinski definition) is 1. The number of hydrogen-bond acceptors (Lipinski definition) is 6. The zero-order valence-corrected chi connectivity index (χ0v) is 24.6. The molecular weight excluding hydrogens is 542 g/mol. The van der Waals surface area contributed by atoms with Gasteiger partial charge >= 0.3 is 0 Å². The van der Waals surface area contributed by atoms with Gasteiger partial charge < -0.3 is 19.7 Å². The second-order valence-electron chi connectivity index (χ2n) is 9.94. The van der Waals surface area contributed by atoms with Crippen LogP contribution in [0.25, 0.3) is 0 Å². The van der Waals surface area contributed by atoms with Gasteiger partial charge in [0.25, 0.3) is 0 Å². The molecule has 214 valence electrons. The quantitative estimate of drug-likeness (QED) is 0.381. The molecule has 0 saturated heterocycles. The number of rotatable bonds is 13. The first kappa shape index (κ1) is 30.6. The second-order valence-corrected chi connectivity index (χ2v) is 12.3. The second kappa shape index (κ2) is 13.9. The van der Waals surface area contributed by atoms with E-state index in [1.165, 1.54) is 4.31 Å². The van der Waals surface area contributed by atoms with Gasteiger partial charge in [-0.2, -0.15) is 0 Å². The number of amides is 2. The lowest BCUT2D eigenvalue weighted by atomic mass is 10.1. The average Bonchev–Trinajstić information content (AvgIpc) is 2.89. The Kier molecular flexibility index (Phi) is 10.9. The van der Waals surface area contributed by atoms with Gasteiger partial charge in [0.15, 0.2) is 11.5 Å². The topological polar surface area (TPSA) is 105 Å². The molecule has 2 amide bonds. The summed E-state index contributed by atoms with van der Waals surface area (Å²) in [5.41, 5.74) is 1.17. The average molecular weight is 580 g/mol. The van der Waals surface area contributed by atoms with E-state index < -0.39 is 16.1 Å². The van der Waals surface area contributed by atoms with Gasteiger partial charge in [0.05, 0.1) is 11.9 Å². The molecule has 39 heavy (non-hydrogen) atoms. The maximum atomic E-state index is 13.6. The Hall–Kier alpha value is -2.98. The van der Waals surface area contributed by atoms with Crippen molar-refractivity contribution in [2.45, 2.75) is 52.6 Å². The molecule has 1 aliphatic rings. The minimum absolute atomic E-state index is 0.0506. The number of carbonyl (C=O) groups excluding carboxylic acids is 2. The summed E-state index contributed by atoms with van der Waals surface area (Å²) in [4.78, 5) is 28.2. The van der Waals surface area contributed by atoms with E-state index in [4.69, 9.17) is 21.1 Å². The fourth-order valence-electron chi connectivity index (χ4n) is 4.34. The van der Waals surface area contributed by atoms with Gasteiger partial charge in [-0.05, 0) is 42.5 Å². The van der Waals surface area contributed by atoms with Crippen molar-refractivity contribution in [2.75, 3.05) is 36.9 Å². The van der Waals surface area contributed by atoms with Gasteiger partial charge in [-0.3, -0.25) is 13.9 Å². The summed E-state index contributed by atoms with van der Waals surface area (Å²) in [6.07, 6.45) is 1.85. The van der Waals surface area contributed by atoms with Crippen molar-refractivity contribution in [3.05, 3.63) is 53.1 Å². The van der Waals surface area contributed by atoms with Crippen LogP contribution in [0.4, 0.5) is 5.69 Å². The normalized spacial score (nSPS) is 13.6. The third kappa shape index (κ3) is 8.50. The molecule has 0 spiro atoms. The predicted octanol–water partition coefficient (Wildman–Crippen LogP) is 4.24. The number of anilines is 1. The number of benzene rings is 2. The van der Waals surface area contributed by atoms with E-state index >= 15 is 0 Å². The molecule has 1 N–H and O–H groups in total. The third-order valence-electron chi connectivity index (χ3n) is 6.33. The van der Waals surface area contributed by atoms with Crippen LogP contribution < -0.4 is 19.1 Å². The molecule has 1 aliphatic heterocycles. The molecule has 0 saturated carbocycles. The maximum absolute atomic E-state index is 13.6. The first-order valence-electron chi connectivity index (χ1n) is 13.2. The molecule has 2 aromatic carbocycles. The van der Waals surface area contributed by atoms with Crippen LogP contribution in [0.5, 0.6) is 11.5 Å². The lowest BCUT2D eigenvalue weighted by Crippen LogP contribution is -2.49. The summed E-state index contributed by atoms with van der Waals surface area (Å²) in [5.74, 6) is 0.831. The number of fused-ring (bicyclic) bond motifs is 1. The molecule has 0 aromatic heterocycles. The van der Waals surface area contributed by atoms with Crippen LogP contribution in [0, 0.1) is 5.92 Å². The number of nitrogens with zero attached hydrogens (tertiary/aromatic N) is 2. The lowest BCUT2D eigenvalue weighted by Gasteiger charge is -2.31. The van der Waals surface area contributed by atoms with Crippen molar-refractivity contribution in [2.24, 2.45) is 5.92 Å². The number of carbonyl (C=O) groups is 2. The summed E-state index contributed by atoms with van der Waals surface area (Å²) in [6, 6.07) is 11.5. The smallest absolute Gasteiger partial charge is 0.242 e. The summed E-state index contributed by atoms with van der Waals surface area (Å²) in [7, 11) is -3.64. The third-order valence-corrected chi connectivity index (χ3v) is 7.90. The van der Waals surface area contributed by atoms with Gasteiger partial charge in [-0.1, -0.05) is 50.6 Å². The van der Waals surface area contributed by atoms with Crippen LogP contribution in [0.3, 0.4) is 0 Å². The summed E-state index contributed by atoms with van der Waals surface area (Å²) in [6.45, 7) is 7.44. The van der Waals surface area contributed by atoms with Crippen LogP contribution in [0.15, 0.2) is 42.5 Å². The van der Waals surface area contributed by atoms with Crippen LogP contribution in [-0.2, 0) is 26.2 Å². The summed E-state index contributed by atoms with van der Waals surface area (Å²) >= 11 is 6.39. The minimum atomic E-state index is -3.64. The Morgan fingerprint density at radius 3 is 2.41 bits per heavy atom. The predicted molar refractivity (Wildman–Crippen MR) is 153 cm³/mol. The molecule has 0 aliphatic carbocycles. The van der Waals surface area contributed by atoms with Crippen molar-refractivity contribution in [3.8, 4) is 11.5 Å². The van der Waals surface area contributed by atoms with Gasteiger partial charge in [0.2, 0.25) is 21.8 Å². The van der Waals surface area contributed by atoms with Gasteiger partial charge in [0.1, 0.15) is 19.3 Å². The van der Waals surface area contributed by atoms with E-state index in [9.17, 15) is 18.0 Å². The highest BCUT2D eigenvalue weighted by molar-refractivity contribution is 7.92. The highest BCUT2D eigenvalue weighted by atomic mass is 35.5. The summed E-state index contributed by atoms with van der Waals surface area (Å²) in [5, 5.41) is 3.44. The van der Waals surface area contributed by atoms with Crippen LogP contribution in [-0.4, -0.2) is 63.7 Å². The van der Waals surface area contributed by atoms with Crippen LogP contribution in [0.2, 0.25) is 5.02 Å². The van der Waals surface area contributed by atoms with Crippen molar-refractivity contribution in [1.29, 1.82) is 0 Å². The highest BCUT2D eigenvalue weighted by Gasteiger charge is 2.29. The number of sulfonamides is 1. The van der Waals surface area contributed by atoms with E-state index in [1.54, 1.807) is 29.2 Å². The first-order chi connectivity index (χ1) is 18.5. The first-order valence-corrected chi connectivity index (χ1v) is 15.4. The number of nitrogens with one attached hydrogen (secondary N) is 1.